The molecule has 2 aromatic heterocycles. The van der Waals surface area contributed by atoms with Crippen molar-refractivity contribution in [1.29, 1.82) is 0 Å². The molecule has 4 rings (SSSR count). The lowest BCUT2D eigenvalue weighted by molar-refractivity contribution is 0.0910. The fourth-order valence-corrected chi connectivity index (χ4v) is 3.50. The molecule has 0 bridgehead atoms. The van der Waals surface area contributed by atoms with Crippen molar-refractivity contribution < 1.29 is 13.7 Å². The van der Waals surface area contributed by atoms with Gasteiger partial charge in [0.25, 0.3) is 0 Å². The second-order valence-corrected chi connectivity index (χ2v) is 7.09. The molecule has 0 saturated carbocycles. The van der Waals surface area contributed by atoms with Crippen molar-refractivity contribution in [3.8, 4) is 11.6 Å². The summed E-state index contributed by atoms with van der Waals surface area (Å²) < 4.78 is 11.0. The number of amides is 1. The Hall–Kier alpha value is -2.89. The number of fused-ring (bicyclic) bond motifs is 1. The van der Waals surface area contributed by atoms with E-state index < -0.39 is 0 Å². The van der Waals surface area contributed by atoms with Gasteiger partial charge in [-0.3, -0.25) is 4.79 Å². The average molecular weight is 365 g/mol. The Labute approximate surface area is 157 Å². The molecule has 1 N–H and O–H groups in total. The van der Waals surface area contributed by atoms with E-state index in [2.05, 4.69) is 27.6 Å². The summed E-state index contributed by atoms with van der Waals surface area (Å²) in [6.07, 6.45) is 7.93. The number of furan rings is 1. The molecule has 0 unspecified atom stereocenters. The lowest BCUT2D eigenvalue weighted by Gasteiger charge is -2.12. The van der Waals surface area contributed by atoms with Crippen LogP contribution in [0.4, 0.5) is 0 Å². The molecule has 27 heavy (non-hydrogen) atoms. The maximum absolute atomic E-state index is 12.3. The smallest absolute Gasteiger partial charge is 0.316 e. The van der Waals surface area contributed by atoms with Gasteiger partial charge in [-0.1, -0.05) is 28.4 Å². The Morgan fingerprint density at radius 1 is 1.26 bits per heavy atom. The average Bonchev–Trinajstić information content (AvgIpc) is 3.28. The van der Waals surface area contributed by atoms with Crippen LogP contribution in [0.1, 0.15) is 53.9 Å². The van der Waals surface area contributed by atoms with Gasteiger partial charge in [-0.05, 0) is 58.1 Å². The van der Waals surface area contributed by atoms with E-state index in [4.69, 9.17) is 8.94 Å². The molecular formula is C21H23N3O3. The van der Waals surface area contributed by atoms with Gasteiger partial charge in [-0.2, -0.15) is 4.98 Å². The van der Waals surface area contributed by atoms with Gasteiger partial charge in [0.1, 0.15) is 5.58 Å². The predicted molar refractivity (Wildman–Crippen MR) is 102 cm³/mol. The molecule has 6 heteroatoms. The molecule has 1 aliphatic carbocycles. The van der Waals surface area contributed by atoms with Gasteiger partial charge >= 0.3 is 11.8 Å². The third-order valence-corrected chi connectivity index (χ3v) is 5.03. The van der Waals surface area contributed by atoms with Gasteiger partial charge in [0.05, 0.1) is 0 Å². The second-order valence-electron chi connectivity index (χ2n) is 7.09. The van der Waals surface area contributed by atoms with Crippen LogP contribution in [-0.4, -0.2) is 22.6 Å². The first-order chi connectivity index (χ1) is 13.1. The standard InChI is InChI=1S/C21H23N3O3/c1-13-8-9-17-16(12-13)14(2)18(26-17)19-23-21(27-24-19)20(25)22-11-10-15-6-4-3-5-7-15/h6,8-9,12H,3-5,7,10-11H2,1-2H3,(H,22,25). The highest BCUT2D eigenvalue weighted by atomic mass is 16.5. The zero-order valence-corrected chi connectivity index (χ0v) is 15.7. The van der Waals surface area contributed by atoms with E-state index in [9.17, 15) is 4.79 Å². The van der Waals surface area contributed by atoms with Crippen molar-refractivity contribution in [3.63, 3.8) is 0 Å². The minimum atomic E-state index is -0.352. The summed E-state index contributed by atoms with van der Waals surface area (Å²) in [5.41, 5.74) is 4.27. The number of allylic oxidation sites excluding steroid dienone is 1. The number of nitrogens with one attached hydrogen (secondary N) is 1. The molecule has 1 amide bonds. The van der Waals surface area contributed by atoms with Crippen LogP contribution in [0.2, 0.25) is 0 Å². The quantitative estimate of drug-likeness (QED) is 0.662. The minimum Gasteiger partial charge on any atom is -0.452 e. The summed E-state index contributed by atoms with van der Waals surface area (Å²) >= 11 is 0. The van der Waals surface area contributed by atoms with Gasteiger partial charge in [0.2, 0.25) is 5.82 Å². The maximum Gasteiger partial charge on any atom is 0.316 e. The van der Waals surface area contributed by atoms with E-state index in [0.29, 0.717) is 18.1 Å². The minimum absolute atomic E-state index is 0.0429. The number of rotatable bonds is 5. The molecule has 1 aromatic carbocycles. The van der Waals surface area contributed by atoms with Gasteiger partial charge < -0.3 is 14.3 Å². The third-order valence-electron chi connectivity index (χ3n) is 5.03. The second kappa shape index (κ2) is 7.39. The number of hydrogen-bond acceptors (Lipinski definition) is 5. The molecule has 1 aliphatic rings. The molecule has 3 aromatic rings. The van der Waals surface area contributed by atoms with E-state index >= 15 is 0 Å². The zero-order chi connectivity index (χ0) is 18.8. The largest absolute Gasteiger partial charge is 0.452 e. The summed E-state index contributed by atoms with van der Waals surface area (Å²) in [6.45, 7) is 4.56. The third kappa shape index (κ3) is 3.65. The predicted octanol–water partition coefficient (Wildman–Crippen LogP) is 4.72. The number of nitrogens with zero attached hydrogens (tertiary/aromatic N) is 2. The highest BCUT2D eigenvalue weighted by molar-refractivity contribution is 5.90. The molecule has 2 heterocycles. The fourth-order valence-electron chi connectivity index (χ4n) is 3.50. The van der Waals surface area contributed by atoms with Gasteiger partial charge in [-0.25, -0.2) is 0 Å². The Bertz CT molecular complexity index is 1010. The number of hydrogen-bond donors (Lipinski definition) is 1. The molecule has 6 nitrogen and oxygen atoms in total. The van der Waals surface area contributed by atoms with Crippen molar-refractivity contribution in [1.82, 2.24) is 15.5 Å². The molecular weight excluding hydrogens is 342 g/mol. The van der Waals surface area contributed by atoms with Crippen LogP contribution in [0.15, 0.2) is 38.8 Å². The molecule has 0 aliphatic heterocycles. The van der Waals surface area contributed by atoms with E-state index in [1.807, 2.05) is 26.0 Å². The van der Waals surface area contributed by atoms with E-state index in [1.54, 1.807) is 0 Å². The number of carbonyl (C=O) groups excluding carboxylic acids is 1. The summed E-state index contributed by atoms with van der Waals surface area (Å²) in [5, 5.41) is 7.80. The summed E-state index contributed by atoms with van der Waals surface area (Å²) in [6, 6.07) is 5.98. The fraction of sp³-hybridized carbons (Fsp3) is 0.381. The topological polar surface area (TPSA) is 81.2 Å². The maximum atomic E-state index is 12.3. The van der Waals surface area contributed by atoms with Gasteiger partial charge in [0, 0.05) is 17.5 Å². The number of carbonyl (C=O) groups is 1. The van der Waals surface area contributed by atoms with Gasteiger partial charge in [-0.15, -0.1) is 0 Å². The van der Waals surface area contributed by atoms with E-state index in [1.165, 1.54) is 18.4 Å². The zero-order valence-electron chi connectivity index (χ0n) is 15.7. The molecule has 0 atom stereocenters. The van der Waals surface area contributed by atoms with Crippen molar-refractivity contribution in [2.24, 2.45) is 0 Å². The molecule has 0 fully saturated rings. The lowest BCUT2D eigenvalue weighted by Crippen LogP contribution is -2.25. The first-order valence-corrected chi connectivity index (χ1v) is 9.42. The number of benzene rings is 1. The number of aromatic nitrogens is 2. The first kappa shape index (κ1) is 17.5. The SMILES string of the molecule is Cc1ccc2oc(-c3noc(C(=O)NCCC4=CCCCC4)n3)c(C)c2c1. The normalized spacial score (nSPS) is 14.4. The van der Waals surface area contributed by atoms with Crippen molar-refractivity contribution in [3.05, 3.63) is 46.9 Å². The van der Waals surface area contributed by atoms with Crippen LogP contribution in [0, 0.1) is 13.8 Å². The summed E-state index contributed by atoms with van der Waals surface area (Å²) in [4.78, 5) is 16.5. The summed E-state index contributed by atoms with van der Waals surface area (Å²) in [5.74, 6) is 0.431. The Morgan fingerprint density at radius 2 is 2.15 bits per heavy atom. The first-order valence-electron chi connectivity index (χ1n) is 9.42. The van der Waals surface area contributed by atoms with Crippen LogP contribution >= 0.6 is 0 Å². The number of aryl methyl sites for hydroxylation is 2. The van der Waals surface area contributed by atoms with Gasteiger partial charge in [0.15, 0.2) is 5.76 Å². The molecule has 0 radical (unpaired) electrons. The highest BCUT2D eigenvalue weighted by Gasteiger charge is 2.21. The Balaban J connectivity index is 1.46. The van der Waals surface area contributed by atoms with Crippen LogP contribution < -0.4 is 5.32 Å². The monoisotopic (exact) mass is 365 g/mol. The Morgan fingerprint density at radius 3 is 2.96 bits per heavy atom. The summed E-state index contributed by atoms with van der Waals surface area (Å²) in [7, 11) is 0. The van der Waals surface area contributed by atoms with Crippen molar-refractivity contribution in [2.75, 3.05) is 6.54 Å². The highest BCUT2D eigenvalue weighted by Crippen LogP contribution is 2.32. The molecule has 0 saturated heterocycles. The van der Waals surface area contributed by atoms with Crippen molar-refractivity contribution in [2.45, 2.75) is 46.0 Å². The van der Waals surface area contributed by atoms with E-state index in [0.717, 1.165) is 41.4 Å². The van der Waals surface area contributed by atoms with Crippen LogP contribution in [-0.2, 0) is 0 Å². The molecule has 0 spiro atoms. The van der Waals surface area contributed by atoms with Crippen LogP contribution in [0.5, 0.6) is 0 Å². The van der Waals surface area contributed by atoms with Crippen LogP contribution in [0.3, 0.4) is 0 Å². The van der Waals surface area contributed by atoms with Crippen molar-refractivity contribution >= 4 is 16.9 Å². The Kier molecular flexibility index (Phi) is 4.79. The van der Waals surface area contributed by atoms with E-state index in [-0.39, 0.29) is 11.8 Å². The molecule has 140 valence electrons. The van der Waals surface area contributed by atoms with Crippen LogP contribution in [0.25, 0.3) is 22.6 Å². The lowest BCUT2D eigenvalue weighted by atomic mass is 9.97.